The van der Waals surface area contributed by atoms with E-state index < -0.39 is 5.97 Å². The molecule has 0 fully saturated rings. The molecule has 0 saturated carbocycles. The van der Waals surface area contributed by atoms with Gasteiger partial charge in [0, 0.05) is 6.08 Å². The number of esters is 1. The topological polar surface area (TPSA) is 64.3 Å². The molecule has 0 aliphatic heterocycles. The standard InChI is InChI=1S/C17H18N2O2/c1-2-21-17(20)12-16(13-8-4-3-5-9-13)19-15-11-7-6-10-14(15)18/h3-12,19H,2,18H2,1H3. The molecule has 0 bridgehead atoms. The molecule has 4 nitrogen and oxygen atoms in total. The van der Waals surface area contributed by atoms with Crippen molar-refractivity contribution < 1.29 is 9.53 Å². The number of para-hydroxylation sites is 2. The van der Waals surface area contributed by atoms with Crippen LogP contribution in [0.5, 0.6) is 0 Å². The maximum absolute atomic E-state index is 11.7. The van der Waals surface area contributed by atoms with Crippen molar-refractivity contribution in [2.24, 2.45) is 0 Å². The molecule has 0 spiro atoms. The Hall–Kier alpha value is -2.75. The minimum atomic E-state index is -0.390. The summed E-state index contributed by atoms with van der Waals surface area (Å²) in [5.41, 5.74) is 8.82. The molecule has 21 heavy (non-hydrogen) atoms. The van der Waals surface area contributed by atoms with Gasteiger partial charge < -0.3 is 15.8 Å². The average Bonchev–Trinajstić information content (AvgIpc) is 2.50. The summed E-state index contributed by atoms with van der Waals surface area (Å²) in [7, 11) is 0. The Morgan fingerprint density at radius 1 is 1.14 bits per heavy atom. The van der Waals surface area contributed by atoms with Crippen LogP contribution in [0.15, 0.2) is 60.7 Å². The van der Waals surface area contributed by atoms with Gasteiger partial charge in [0.25, 0.3) is 0 Å². The van der Waals surface area contributed by atoms with Gasteiger partial charge in [0.2, 0.25) is 0 Å². The van der Waals surface area contributed by atoms with E-state index in [9.17, 15) is 4.79 Å². The van der Waals surface area contributed by atoms with Crippen LogP contribution in [0.4, 0.5) is 11.4 Å². The lowest BCUT2D eigenvalue weighted by Gasteiger charge is -2.13. The molecule has 4 heteroatoms. The third-order valence-electron chi connectivity index (χ3n) is 2.86. The number of benzene rings is 2. The summed E-state index contributed by atoms with van der Waals surface area (Å²) in [6.07, 6.45) is 1.44. The highest BCUT2D eigenvalue weighted by Crippen LogP contribution is 2.23. The predicted molar refractivity (Wildman–Crippen MR) is 85.5 cm³/mol. The number of carbonyl (C=O) groups excluding carboxylic acids is 1. The minimum absolute atomic E-state index is 0.338. The van der Waals surface area contributed by atoms with Crippen molar-refractivity contribution >= 4 is 23.0 Å². The van der Waals surface area contributed by atoms with Gasteiger partial charge >= 0.3 is 5.97 Å². The normalized spacial score (nSPS) is 11.0. The average molecular weight is 282 g/mol. The molecule has 0 aliphatic rings. The Morgan fingerprint density at radius 3 is 2.48 bits per heavy atom. The van der Waals surface area contributed by atoms with Gasteiger partial charge in [-0.05, 0) is 24.6 Å². The van der Waals surface area contributed by atoms with Crippen LogP contribution >= 0.6 is 0 Å². The maximum atomic E-state index is 11.7. The summed E-state index contributed by atoms with van der Waals surface area (Å²) in [5.74, 6) is -0.390. The van der Waals surface area contributed by atoms with Crippen LogP contribution in [-0.4, -0.2) is 12.6 Å². The van der Waals surface area contributed by atoms with E-state index in [0.29, 0.717) is 18.0 Å². The highest BCUT2D eigenvalue weighted by Gasteiger charge is 2.07. The number of anilines is 2. The molecule has 3 N–H and O–H groups in total. The van der Waals surface area contributed by atoms with Crippen LogP contribution in [-0.2, 0) is 9.53 Å². The third kappa shape index (κ3) is 4.11. The fraction of sp³-hybridized carbons (Fsp3) is 0.118. The molecular formula is C17H18N2O2. The van der Waals surface area contributed by atoms with Gasteiger partial charge in [0.05, 0.1) is 23.7 Å². The van der Waals surface area contributed by atoms with E-state index in [4.69, 9.17) is 10.5 Å². The molecule has 2 aromatic rings. The fourth-order valence-corrected chi connectivity index (χ4v) is 1.87. The smallest absolute Gasteiger partial charge is 0.332 e. The molecule has 108 valence electrons. The van der Waals surface area contributed by atoms with Gasteiger partial charge in [-0.15, -0.1) is 0 Å². The van der Waals surface area contributed by atoms with E-state index >= 15 is 0 Å². The summed E-state index contributed by atoms with van der Waals surface area (Å²) in [5, 5.41) is 3.19. The second kappa shape index (κ2) is 7.14. The number of hydrogen-bond donors (Lipinski definition) is 2. The van der Waals surface area contributed by atoms with Gasteiger partial charge in [-0.3, -0.25) is 0 Å². The Labute approximate surface area is 124 Å². The summed E-state index contributed by atoms with van der Waals surface area (Å²) in [6, 6.07) is 17.0. The van der Waals surface area contributed by atoms with Crippen LogP contribution in [0.1, 0.15) is 12.5 Å². The highest BCUT2D eigenvalue weighted by molar-refractivity contribution is 5.95. The molecule has 0 heterocycles. The number of nitrogens with one attached hydrogen (secondary N) is 1. The first-order valence-corrected chi connectivity index (χ1v) is 6.76. The molecule has 0 unspecified atom stereocenters. The van der Waals surface area contributed by atoms with Gasteiger partial charge in [0.15, 0.2) is 0 Å². The lowest BCUT2D eigenvalue weighted by Crippen LogP contribution is -2.07. The monoisotopic (exact) mass is 282 g/mol. The Balaban J connectivity index is 2.33. The number of nitrogen functional groups attached to an aromatic ring is 1. The van der Waals surface area contributed by atoms with Crippen molar-refractivity contribution in [2.75, 3.05) is 17.7 Å². The molecule has 0 atom stereocenters. The number of ether oxygens (including phenoxy) is 1. The van der Waals surface area contributed by atoms with Gasteiger partial charge in [0.1, 0.15) is 0 Å². The Bertz CT molecular complexity index is 636. The summed E-state index contributed by atoms with van der Waals surface area (Å²) >= 11 is 0. The molecule has 0 amide bonds. The number of hydrogen-bond acceptors (Lipinski definition) is 4. The lowest BCUT2D eigenvalue weighted by molar-refractivity contribution is -0.137. The van der Waals surface area contributed by atoms with E-state index in [0.717, 1.165) is 11.3 Å². The van der Waals surface area contributed by atoms with E-state index in [2.05, 4.69) is 5.32 Å². The van der Waals surface area contributed by atoms with Crippen molar-refractivity contribution in [1.29, 1.82) is 0 Å². The number of nitrogens with two attached hydrogens (primary N) is 1. The second-order valence-electron chi connectivity index (χ2n) is 4.39. The Kier molecular flexibility index (Phi) is 4.99. The van der Waals surface area contributed by atoms with Crippen molar-refractivity contribution in [3.05, 3.63) is 66.2 Å². The van der Waals surface area contributed by atoms with Crippen molar-refractivity contribution in [3.63, 3.8) is 0 Å². The zero-order valence-electron chi connectivity index (χ0n) is 11.9. The van der Waals surface area contributed by atoms with Crippen molar-refractivity contribution in [1.82, 2.24) is 0 Å². The second-order valence-corrected chi connectivity index (χ2v) is 4.39. The highest BCUT2D eigenvalue weighted by atomic mass is 16.5. The molecule has 2 rings (SSSR count). The quantitative estimate of drug-likeness (QED) is 0.502. The Morgan fingerprint density at radius 2 is 1.81 bits per heavy atom. The van der Waals surface area contributed by atoms with E-state index in [-0.39, 0.29) is 0 Å². The molecule has 0 aromatic heterocycles. The minimum Gasteiger partial charge on any atom is -0.463 e. The lowest BCUT2D eigenvalue weighted by atomic mass is 10.1. The van der Waals surface area contributed by atoms with E-state index in [1.165, 1.54) is 6.08 Å². The summed E-state index contributed by atoms with van der Waals surface area (Å²) in [6.45, 7) is 2.11. The van der Waals surface area contributed by atoms with Crippen molar-refractivity contribution in [3.8, 4) is 0 Å². The van der Waals surface area contributed by atoms with Gasteiger partial charge in [-0.2, -0.15) is 0 Å². The predicted octanol–water partition coefficient (Wildman–Crippen LogP) is 3.28. The van der Waals surface area contributed by atoms with Crippen LogP contribution in [0.2, 0.25) is 0 Å². The van der Waals surface area contributed by atoms with Crippen LogP contribution in [0.3, 0.4) is 0 Å². The first-order valence-electron chi connectivity index (χ1n) is 6.76. The van der Waals surface area contributed by atoms with Gasteiger partial charge in [-0.1, -0.05) is 42.5 Å². The summed E-state index contributed by atoms with van der Waals surface area (Å²) in [4.78, 5) is 11.7. The summed E-state index contributed by atoms with van der Waals surface area (Å²) < 4.78 is 4.98. The number of rotatable bonds is 5. The van der Waals surface area contributed by atoms with Crippen molar-refractivity contribution in [2.45, 2.75) is 6.92 Å². The fourth-order valence-electron chi connectivity index (χ4n) is 1.87. The third-order valence-corrected chi connectivity index (χ3v) is 2.86. The SMILES string of the molecule is CCOC(=O)C=C(Nc1ccccc1N)c1ccccc1. The molecule has 0 radical (unpaired) electrons. The van der Waals surface area contributed by atoms with Crippen LogP contribution in [0.25, 0.3) is 5.70 Å². The van der Waals surface area contributed by atoms with Gasteiger partial charge in [-0.25, -0.2) is 4.79 Å². The van der Waals surface area contributed by atoms with Crippen LogP contribution in [0, 0.1) is 0 Å². The maximum Gasteiger partial charge on any atom is 0.332 e. The van der Waals surface area contributed by atoms with Crippen LogP contribution < -0.4 is 11.1 Å². The molecule has 2 aromatic carbocycles. The largest absolute Gasteiger partial charge is 0.463 e. The van der Waals surface area contributed by atoms with E-state index in [1.807, 2.05) is 48.5 Å². The first kappa shape index (κ1) is 14.7. The first-order chi connectivity index (χ1) is 10.2. The molecular weight excluding hydrogens is 264 g/mol. The molecule has 0 aliphatic carbocycles. The number of carbonyl (C=O) groups is 1. The molecule has 0 saturated heterocycles. The zero-order chi connectivity index (χ0) is 15.1. The zero-order valence-corrected chi connectivity index (χ0v) is 11.9. The van der Waals surface area contributed by atoms with E-state index in [1.54, 1.807) is 13.0 Å².